The topological polar surface area (TPSA) is 161 Å². The number of hydrogen-bond acceptors (Lipinski definition) is 8. The first-order chi connectivity index (χ1) is 14.8. The molecule has 1 aromatic rings. The van der Waals surface area contributed by atoms with Gasteiger partial charge in [-0.2, -0.15) is 0 Å². The van der Waals surface area contributed by atoms with Crippen LogP contribution in [0.25, 0.3) is 0 Å². The third-order valence-electron chi connectivity index (χ3n) is 6.62. The van der Waals surface area contributed by atoms with E-state index in [-0.39, 0.29) is 34.8 Å². The highest BCUT2D eigenvalue weighted by atomic mass is 127. The van der Waals surface area contributed by atoms with Crippen LogP contribution in [0, 0.1) is 15.4 Å². The van der Waals surface area contributed by atoms with E-state index in [0.29, 0.717) is 9.13 Å². The second kappa shape index (κ2) is 7.44. The van der Waals surface area contributed by atoms with Gasteiger partial charge >= 0.3 is 0 Å². The van der Waals surface area contributed by atoms with Crippen molar-refractivity contribution in [1.29, 1.82) is 0 Å². The molecule has 0 aromatic heterocycles. The predicted octanol–water partition coefficient (Wildman–Crippen LogP) is 1.38. The number of amides is 1. The van der Waals surface area contributed by atoms with Gasteiger partial charge in [0.15, 0.2) is 11.4 Å². The van der Waals surface area contributed by atoms with Gasteiger partial charge in [0, 0.05) is 16.5 Å². The molecule has 3 aliphatic carbocycles. The van der Waals surface area contributed by atoms with E-state index < -0.39 is 58.0 Å². The van der Waals surface area contributed by atoms with Crippen LogP contribution in [-0.4, -0.2) is 68.5 Å². The minimum atomic E-state index is -2.65. The maximum absolute atomic E-state index is 13.4. The van der Waals surface area contributed by atoms with Crippen molar-refractivity contribution in [3.8, 4) is 5.75 Å². The number of hydrogen-bond donors (Lipinski definition) is 5. The zero-order chi connectivity index (χ0) is 23.9. The van der Waals surface area contributed by atoms with Crippen LogP contribution in [0.2, 0.25) is 5.02 Å². The van der Waals surface area contributed by atoms with Crippen LogP contribution < -0.4 is 5.73 Å². The molecule has 170 valence electrons. The number of phenols is 1. The number of halogens is 2. The van der Waals surface area contributed by atoms with Gasteiger partial charge in [0.05, 0.1) is 15.2 Å². The number of phenolic OH excluding ortho intramolecular Hbond substituents is 1. The molecule has 4 atom stereocenters. The van der Waals surface area contributed by atoms with E-state index in [1.807, 2.05) is 22.6 Å². The van der Waals surface area contributed by atoms with E-state index in [2.05, 4.69) is 0 Å². The van der Waals surface area contributed by atoms with Gasteiger partial charge in [0.1, 0.15) is 22.8 Å². The summed E-state index contributed by atoms with van der Waals surface area (Å²) in [4.78, 5) is 40.0. The van der Waals surface area contributed by atoms with Crippen molar-refractivity contribution in [1.82, 2.24) is 4.90 Å². The van der Waals surface area contributed by atoms with Crippen LogP contribution >= 0.6 is 34.2 Å². The Bertz CT molecular complexity index is 1180. The lowest BCUT2D eigenvalue weighted by Crippen LogP contribution is -2.63. The summed E-state index contributed by atoms with van der Waals surface area (Å²) in [5.41, 5.74) is 1.91. The summed E-state index contributed by atoms with van der Waals surface area (Å²) in [6.07, 6.45) is 0.187. The molecule has 9 nitrogen and oxygen atoms in total. The standard InChI is InChI=1S/C21H20ClIN2O7/c1-25(2)14-8-4-6-3-7-9(22)5-10(23)15(26)12(7)16(27)11(6)18(29)21(8,32)19(30)13(17(14)28)20(24)31/h5-6,8,14,26,28-29,32H,3-4H2,1-2H3,(H2,24,31)/t6-,8-,14-,21-/m0/s1. The molecule has 1 amide bonds. The highest BCUT2D eigenvalue weighted by Crippen LogP contribution is 2.53. The van der Waals surface area contributed by atoms with Crippen molar-refractivity contribution >= 4 is 51.7 Å². The lowest BCUT2D eigenvalue weighted by molar-refractivity contribution is -0.148. The maximum atomic E-state index is 13.4. The number of aliphatic hydroxyl groups excluding tert-OH is 2. The number of rotatable bonds is 2. The van der Waals surface area contributed by atoms with Crippen molar-refractivity contribution in [3.63, 3.8) is 0 Å². The van der Waals surface area contributed by atoms with E-state index in [0.717, 1.165) is 0 Å². The molecule has 3 aliphatic rings. The lowest BCUT2D eigenvalue weighted by Gasteiger charge is -2.50. The third kappa shape index (κ3) is 2.86. The number of likely N-dealkylation sites (N-methyl/N-ethyl adjacent to an activating group) is 1. The number of Topliss-reactive ketones (excluding diaryl/α,β-unsaturated/α-hetero) is 2. The first kappa shape index (κ1) is 23.0. The van der Waals surface area contributed by atoms with E-state index in [9.17, 15) is 34.8 Å². The molecule has 11 heteroatoms. The maximum Gasteiger partial charge on any atom is 0.255 e. The number of allylic oxidation sites excluding steroid dienone is 1. The molecule has 0 radical (unpaired) electrons. The van der Waals surface area contributed by atoms with Crippen LogP contribution in [-0.2, 0) is 16.0 Å². The highest BCUT2D eigenvalue weighted by molar-refractivity contribution is 14.1. The van der Waals surface area contributed by atoms with Gasteiger partial charge in [-0.1, -0.05) is 11.6 Å². The van der Waals surface area contributed by atoms with Crippen molar-refractivity contribution in [2.75, 3.05) is 14.1 Å². The number of aromatic hydroxyl groups is 1. The quantitative estimate of drug-likeness (QED) is 0.261. The van der Waals surface area contributed by atoms with Crippen LogP contribution in [0.4, 0.5) is 0 Å². The van der Waals surface area contributed by atoms with Gasteiger partial charge in [0.25, 0.3) is 5.91 Å². The van der Waals surface area contributed by atoms with Crippen LogP contribution in [0.3, 0.4) is 0 Å². The minimum absolute atomic E-state index is 0.0227. The van der Waals surface area contributed by atoms with Gasteiger partial charge in [-0.15, -0.1) is 0 Å². The molecular weight excluding hydrogens is 555 g/mol. The smallest absolute Gasteiger partial charge is 0.255 e. The van der Waals surface area contributed by atoms with Gasteiger partial charge in [-0.3, -0.25) is 19.3 Å². The average molecular weight is 575 g/mol. The first-order valence-corrected chi connectivity index (χ1v) is 11.1. The molecule has 6 N–H and O–H groups in total. The van der Waals surface area contributed by atoms with Crippen LogP contribution in [0.15, 0.2) is 28.7 Å². The second-order valence-electron chi connectivity index (χ2n) is 8.51. The van der Waals surface area contributed by atoms with Crippen molar-refractivity contribution < 1.29 is 34.8 Å². The largest absolute Gasteiger partial charge is 0.510 e. The molecule has 1 aromatic carbocycles. The van der Waals surface area contributed by atoms with Gasteiger partial charge in [-0.05, 0) is 67.1 Å². The number of primary amides is 1. The summed E-state index contributed by atoms with van der Waals surface area (Å²) < 4.78 is 0.330. The SMILES string of the molecule is CN(C)[C@@H]1C(O)=C(C(N)=O)C(=O)[C@@]2(O)C(O)=C3C(=O)c4c(O)c(I)cc(Cl)c4C[C@H]3C[C@@H]12. The molecule has 0 saturated carbocycles. The lowest BCUT2D eigenvalue weighted by atomic mass is 9.58. The summed E-state index contributed by atoms with van der Waals surface area (Å²) in [5.74, 6) is -6.80. The molecule has 0 unspecified atom stereocenters. The Morgan fingerprint density at radius 1 is 1.28 bits per heavy atom. The van der Waals surface area contributed by atoms with Crippen molar-refractivity contribution in [2.24, 2.45) is 17.6 Å². The number of benzene rings is 1. The fourth-order valence-corrected chi connectivity index (χ4v) is 6.29. The molecule has 0 bridgehead atoms. The Hall–Kier alpha value is -2.15. The first-order valence-electron chi connectivity index (χ1n) is 9.68. The summed E-state index contributed by atoms with van der Waals surface area (Å²) in [5, 5.41) is 44.1. The molecule has 0 spiro atoms. The number of ketones is 2. The summed E-state index contributed by atoms with van der Waals surface area (Å²) in [6, 6.07) is 0.499. The second-order valence-corrected chi connectivity index (χ2v) is 10.1. The van der Waals surface area contributed by atoms with Gasteiger partial charge < -0.3 is 26.2 Å². The number of carbonyl (C=O) groups excluding carboxylic acids is 3. The van der Waals surface area contributed by atoms with E-state index in [4.69, 9.17) is 17.3 Å². The molecule has 0 aliphatic heterocycles. The normalized spacial score (nSPS) is 29.8. The number of carbonyl (C=O) groups is 3. The summed E-state index contributed by atoms with van der Waals surface area (Å²) >= 11 is 8.16. The molecule has 0 heterocycles. The number of nitrogens with two attached hydrogens (primary N) is 1. The fraction of sp³-hybridized carbons (Fsp3) is 0.381. The molecule has 0 saturated heterocycles. The molecule has 32 heavy (non-hydrogen) atoms. The summed E-state index contributed by atoms with van der Waals surface area (Å²) in [6.45, 7) is 0. The van der Waals surface area contributed by atoms with E-state index in [1.165, 1.54) is 11.0 Å². The fourth-order valence-electron chi connectivity index (χ4n) is 5.24. The van der Waals surface area contributed by atoms with Crippen LogP contribution in [0.5, 0.6) is 5.75 Å². The average Bonchev–Trinajstić information content (AvgIpc) is 2.68. The zero-order valence-electron chi connectivity index (χ0n) is 17.0. The minimum Gasteiger partial charge on any atom is -0.510 e. The Morgan fingerprint density at radius 2 is 1.91 bits per heavy atom. The summed E-state index contributed by atoms with van der Waals surface area (Å²) in [7, 11) is 3.15. The Morgan fingerprint density at radius 3 is 2.47 bits per heavy atom. The molecule has 0 fully saturated rings. The van der Waals surface area contributed by atoms with Gasteiger partial charge in [0.2, 0.25) is 5.78 Å². The Labute approximate surface area is 201 Å². The Kier molecular flexibility index (Phi) is 5.35. The molecular formula is C21H20ClIN2O7. The number of fused-ring (bicyclic) bond motifs is 3. The van der Waals surface area contributed by atoms with Crippen molar-refractivity contribution in [3.05, 3.63) is 48.5 Å². The van der Waals surface area contributed by atoms with Gasteiger partial charge in [-0.25, -0.2) is 0 Å². The van der Waals surface area contributed by atoms with Crippen LogP contribution in [0.1, 0.15) is 22.3 Å². The number of nitrogens with zero attached hydrogens (tertiary/aromatic N) is 1. The van der Waals surface area contributed by atoms with E-state index >= 15 is 0 Å². The number of aliphatic hydroxyl groups is 3. The van der Waals surface area contributed by atoms with Crippen molar-refractivity contribution in [2.45, 2.75) is 24.5 Å². The monoisotopic (exact) mass is 574 g/mol. The zero-order valence-corrected chi connectivity index (χ0v) is 19.9. The predicted molar refractivity (Wildman–Crippen MR) is 121 cm³/mol. The third-order valence-corrected chi connectivity index (χ3v) is 7.78. The molecule has 4 rings (SSSR count). The van der Waals surface area contributed by atoms with E-state index in [1.54, 1.807) is 14.1 Å². The highest BCUT2D eigenvalue weighted by Gasteiger charge is 2.63. The Balaban J connectivity index is 1.99.